The molecule has 13 heteroatoms. The fourth-order valence-corrected chi connectivity index (χ4v) is 3.02. The summed E-state index contributed by atoms with van der Waals surface area (Å²) in [6.45, 7) is 3.35. The van der Waals surface area contributed by atoms with Crippen molar-refractivity contribution in [3.63, 3.8) is 0 Å². The van der Waals surface area contributed by atoms with Crippen LogP contribution in [0.15, 0.2) is 44.4 Å². The molecule has 5 N–H and O–H groups in total. The molecule has 0 saturated carbocycles. The average Bonchev–Trinajstić information content (AvgIpc) is 3.41. The molecule has 2 aromatic heterocycles. The summed E-state index contributed by atoms with van der Waals surface area (Å²) in [5, 5.41) is 10.5. The SMILES string of the molecule is COC=C1CCOC1.COc1c(N)cc(C(=O)Nc2nnc(/N=C(C)/C=C\N)s2)oc1=O. The zero-order valence-corrected chi connectivity index (χ0v) is 18.6. The molecular formula is C19H24N6O6S. The van der Waals surface area contributed by atoms with Crippen LogP contribution in [0.3, 0.4) is 0 Å². The molecule has 172 valence electrons. The molecule has 0 radical (unpaired) electrons. The van der Waals surface area contributed by atoms with Gasteiger partial charge in [-0.3, -0.25) is 10.1 Å². The van der Waals surface area contributed by atoms with Gasteiger partial charge >= 0.3 is 5.63 Å². The lowest BCUT2D eigenvalue weighted by Crippen LogP contribution is -2.16. The maximum absolute atomic E-state index is 12.1. The van der Waals surface area contributed by atoms with Crippen LogP contribution < -0.4 is 27.1 Å². The van der Waals surface area contributed by atoms with Crippen molar-refractivity contribution in [2.45, 2.75) is 13.3 Å². The molecule has 1 amide bonds. The van der Waals surface area contributed by atoms with Gasteiger partial charge in [-0.15, -0.1) is 10.2 Å². The second-order valence-electron chi connectivity index (χ2n) is 6.16. The summed E-state index contributed by atoms with van der Waals surface area (Å²) in [5.74, 6) is -1.14. The number of carbonyl (C=O) groups excluding carboxylic acids is 1. The van der Waals surface area contributed by atoms with Gasteiger partial charge in [0.25, 0.3) is 5.91 Å². The van der Waals surface area contributed by atoms with Gasteiger partial charge in [0.1, 0.15) is 0 Å². The summed E-state index contributed by atoms with van der Waals surface area (Å²) in [4.78, 5) is 27.8. The molecule has 0 aromatic carbocycles. The third kappa shape index (κ3) is 7.21. The van der Waals surface area contributed by atoms with Crippen molar-refractivity contribution >= 4 is 38.9 Å². The number of methoxy groups -OCH3 is 2. The van der Waals surface area contributed by atoms with Gasteiger partial charge in [0.15, 0.2) is 5.76 Å². The summed E-state index contributed by atoms with van der Waals surface area (Å²) in [5.41, 5.74) is 11.9. The number of rotatable bonds is 6. The Balaban J connectivity index is 0.000000380. The molecule has 1 aliphatic rings. The first-order valence-electron chi connectivity index (χ1n) is 9.22. The largest absolute Gasteiger partial charge is 0.504 e. The normalized spacial score (nSPS) is 14.8. The number of allylic oxidation sites excluding steroid dienone is 1. The highest BCUT2D eigenvalue weighted by Gasteiger charge is 2.17. The summed E-state index contributed by atoms with van der Waals surface area (Å²) >= 11 is 1.03. The number of aliphatic imine (C=N–C) groups is 1. The number of carbonyl (C=O) groups is 1. The van der Waals surface area contributed by atoms with Gasteiger partial charge in [0, 0.05) is 11.8 Å². The quantitative estimate of drug-likeness (QED) is 0.422. The van der Waals surface area contributed by atoms with Crippen LogP contribution in [0.4, 0.5) is 16.0 Å². The van der Waals surface area contributed by atoms with E-state index in [1.807, 2.05) is 0 Å². The Bertz CT molecular complexity index is 1070. The van der Waals surface area contributed by atoms with Gasteiger partial charge in [-0.1, -0.05) is 11.3 Å². The molecule has 3 heterocycles. The van der Waals surface area contributed by atoms with E-state index in [-0.39, 0.29) is 22.3 Å². The number of aromatic nitrogens is 2. The first kappa shape index (κ1) is 24.6. The molecule has 3 rings (SSSR count). The second-order valence-corrected chi connectivity index (χ2v) is 7.11. The van der Waals surface area contributed by atoms with Crippen LogP contribution >= 0.6 is 11.3 Å². The number of hydrogen-bond donors (Lipinski definition) is 3. The van der Waals surface area contributed by atoms with Gasteiger partial charge in [-0.2, -0.15) is 0 Å². The van der Waals surface area contributed by atoms with E-state index in [0.717, 1.165) is 31.0 Å². The molecule has 32 heavy (non-hydrogen) atoms. The van der Waals surface area contributed by atoms with E-state index in [1.54, 1.807) is 26.4 Å². The Kier molecular flexibility index (Phi) is 9.38. The summed E-state index contributed by atoms with van der Waals surface area (Å²) in [7, 11) is 2.93. The zero-order valence-electron chi connectivity index (χ0n) is 17.8. The lowest BCUT2D eigenvalue weighted by atomic mass is 10.3. The van der Waals surface area contributed by atoms with E-state index in [0.29, 0.717) is 10.8 Å². The van der Waals surface area contributed by atoms with Gasteiger partial charge in [-0.05, 0) is 31.2 Å². The monoisotopic (exact) mass is 464 g/mol. The van der Waals surface area contributed by atoms with E-state index < -0.39 is 11.5 Å². The first-order chi connectivity index (χ1) is 15.4. The highest BCUT2D eigenvalue weighted by Crippen LogP contribution is 2.24. The number of nitrogens with zero attached hydrogens (tertiary/aromatic N) is 3. The molecule has 0 atom stereocenters. The third-order valence-corrected chi connectivity index (χ3v) is 4.48. The second kappa shape index (κ2) is 12.2. The van der Waals surface area contributed by atoms with Crippen LogP contribution in [0.2, 0.25) is 0 Å². The van der Waals surface area contributed by atoms with Crippen LogP contribution in [0.25, 0.3) is 0 Å². The number of amides is 1. The highest BCUT2D eigenvalue weighted by atomic mass is 32.1. The molecule has 2 aromatic rings. The topological polar surface area (TPSA) is 177 Å². The lowest BCUT2D eigenvalue weighted by molar-refractivity contribution is 0.0991. The zero-order chi connectivity index (χ0) is 23.5. The van der Waals surface area contributed by atoms with Gasteiger partial charge in [0.05, 0.1) is 39.4 Å². The van der Waals surface area contributed by atoms with Crippen molar-refractivity contribution in [3.8, 4) is 5.75 Å². The summed E-state index contributed by atoms with van der Waals surface area (Å²) < 4.78 is 19.5. The first-order valence-corrected chi connectivity index (χ1v) is 10.0. The Morgan fingerprint density at radius 2 is 2.16 bits per heavy atom. The standard InChI is InChI=1S/C13H14N6O4S.C6H10O2/c1-6(3-4-14)16-12-18-19-13(24-12)17-10(20)8-5-7(15)9(22-2)11(21)23-8;1-7-4-6-2-3-8-5-6/h3-5H,14-15H2,1-2H3,(H,17,19,20);4H,2-3,5H2,1H3/b4-3-,16-6+;. The molecule has 0 spiro atoms. The third-order valence-electron chi connectivity index (χ3n) is 3.75. The lowest BCUT2D eigenvalue weighted by Gasteiger charge is -2.04. The van der Waals surface area contributed by atoms with Crippen LogP contribution in [-0.4, -0.2) is 49.2 Å². The smallest absolute Gasteiger partial charge is 0.381 e. The minimum atomic E-state index is -0.852. The van der Waals surface area contributed by atoms with Crippen LogP contribution in [-0.2, 0) is 9.47 Å². The van der Waals surface area contributed by atoms with Crippen LogP contribution in [0, 0.1) is 0 Å². The minimum Gasteiger partial charge on any atom is -0.504 e. The number of nitrogens with one attached hydrogen (secondary N) is 1. The number of ether oxygens (including phenoxy) is 3. The van der Waals surface area contributed by atoms with Crippen molar-refractivity contribution < 1.29 is 23.4 Å². The van der Waals surface area contributed by atoms with E-state index in [2.05, 4.69) is 20.5 Å². The summed E-state index contributed by atoms with van der Waals surface area (Å²) in [6.07, 6.45) is 5.73. The number of nitrogen functional groups attached to an aromatic ring is 1. The van der Waals surface area contributed by atoms with Crippen LogP contribution in [0.5, 0.6) is 5.75 Å². The Morgan fingerprint density at radius 1 is 1.38 bits per heavy atom. The van der Waals surface area contributed by atoms with Crippen molar-refractivity contribution in [2.24, 2.45) is 10.7 Å². The van der Waals surface area contributed by atoms with Crippen molar-refractivity contribution in [3.05, 3.63) is 46.4 Å². The minimum absolute atomic E-state index is 0.00866. The number of anilines is 2. The van der Waals surface area contributed by atoms with E-state index in [9.17, 15) is 9.59 Å². The molecule has 1 fully saturated rings. The molecular weight excluding hydrogens is 440 g/mol. The fourth-order valence-electron chi connectivity index (χ4n) is 2.35. The highest BCUT2D eigenvalue weighted by molar-refractivity contribution is 7.18. The van der Waals surface area contributed by atoms with Crippen molar-refractivity contribution in [1.82, 2.24) is 10.2 Å². The van der Waals surface area contributed by atoms with E-state index >= 15 is 0 Å². The van der Waals surface area contributed by atoms with E-state index in [4.69, 9.17) is 30.1 Å². The van der Waals surface area contributed by atoms with Gasteiger partial charge in [0.2, 0.25) is 16.0 Å². The fraction of sp³-hybridized carbons (Fsp3) is 0.316. The van der Waals surface area contributed by atoms with E-state index in [1.165, 1.54) is 24.9 Å². The molecule has 12 nitrogen and oxygen atoms in total. The van der Waals surface area contributed by atoms with Crippen molar-refractivity contribution in [2.75, 3.05) is 38.5 Å². The van der Waals surface area contributed by atoms with Crippen molar-refractivity contribution in [1.29, 1.82) is 0 Å². The Labute approximate surface area is 187 Å². The molecule has 1 aliphatic heterocycles. The van der Waals surface area contributed by atoms with Gasteiger partial charge in [-0.25, -0.2) is 9.79 Å². The maximum Gasteiger partial charge on any atom is 0.381 e. The van der Waals surface area contributed by atoms with Gasteiger partial charge < -0.3 is 30.1 Å². The number of nitrogens with two attached hydrogens (primary N) is 2. The predicted molar refractivity (Wildman–Crippen MR) is 120 cm³/mol. The Hall–Kier alpha value is -3.71. The molecule has 0 unspecified atom stereocenters. The summed E-state index contributed by atoms with van der Waals surface area (Å²) in [6, 6.07) is 1.19. The van der Waals surface area contributed by atoms with Crippen LogP contribution in [0.1, 0.15) is 23.9 Å². The maximum atomic E-state index is 12.1. The molecule has 0 bridgehead atoms. The predicted octanol–water partition coefficient (Wildman–Crippen LogP) is 1.84. The average molecular weight is 465 g/mol. The Morgan fingerprint density at radius 3 is 2.75 bits per heavy atom. The number of hydrogen-bond acceptors (Lipinski definition) is 12. The molecule has 1 saturated heterocycles. The molecule has 0 aliphatic carbocycles.